The van der Waals surface area contributed by atoms with E-state index in [0.717, 1.165) is 32.7 Å². The van der Waals surface area contributed by atoms with E-state index >= 15 is 0 Å². The van der Waals surface area contributed by atoms with E-state index < -0.39 is 6.04 Å². The van der Waals surface area contributed by atoms with Crippen LogP contribution in [-0.4, -0.2) is 55.7 Å². The zero-order chi connectivity index (χ0) is 15.1. The minimum absolute atomic E-state index is 0. The lowest BCUT2D eigenvalue weighted by molar-refractivity contribution is -0.123. The number of ether oxygens (including phenoxy) is 1. The summed E-state index contributed by atoms with van der Waals surface area (Å²) in [7, 11) is 0. The molecule has 6 heteroatoms. The van der Waals surface area contributed by atoms with Gasteiger partial charge < -0.3 is 15.8 Å². The summed E-state index contributed by atoms with van der Waals surface area (Å²) in [5.41, 5.74) is 5.97. The van der Waals surface area contributed by atoms with Crippen LogP contribution in [0.1, 0.15) is 34.1 Å². The van der Waals surface area contributed by atoms with E-state index in [1.54, 1.807) is 0 Å². The van der Waals surface area contributed by atoms with Crippen LogP contribution in [0.25, 0.3) is 0 Å². The lowest BCUT2D eigenvalue weighted by Gasteiger charge is -2.37. The molecule has 1 aliphatic heterocycles. The maximum absolute atomic E-state index is 12.1. The van der Waals surface area contributed by atoms with Gasteiger partial charge in [0.1, 0.15) is 0 Å². The van der Waals surface area contributed by atoms with Crippen molar-refractivity contribution in [2.45, 2.75) is 46.2 Å². The van der Waals surface area contributed by atoms with Gasteiger partial charge in [0.25, 0.3) is 0 Å². The fraction of sp³-hybridized carbons (Fsp3) is 0.933. The van der Waals surface area contributed by atoms with Crippen molar-refractivity contribution < 1.29 is 9.53 Å². The SMILES string of the molecule is CCC(C)C(N)C(=O)NCC(C(C)C)N1CCOCC1.Cl. The van der Waals surface area contributed by atoms with E-state index in [1.807, 2.05) is 6.92 Å². The smallest absolute Gasteiger partial charge is 0.237 e. The highest BCUT2D eigenvalue weighted by molar-refractivity contribution is 5.85. The van der Waals surface area contributed by atoms with Crippen LogP contribution in [-0.2, 0) is 9.53 Å². The second kappa shape index (κ2) is 10.4. The summed E-state index contributed by atoms with van der Waals surface area (Å²) in [4.78, 5) is 14.5. The first-order valence-electron chi connectivity index (χ1n) is 7.82. The standard InChI is InChI=1S/C15H31N3O2.ClH/c1-5-12(4)14(16)15(19)17-10-13(11(2)3)18-6-8-20-9-7-18;/h11-14H,5-10,16H2,1-4H3,(H,17,19);1H. The number of morpholine rings is 1. The fourth-order valence-corrected chi connectivity index (χ4v) is 2.53. The van der Waals surface area contributed by atoms with Crippen LogP contribution < -0.4 is 11.1 Å². The van der Waals surface area contributed by atoms with Crippen molar-refractivity contribution in [3.63, 3.8) is 0 Å². The average Bonchev–Trinajstić information content (AvgIpc) is 2.46. The molecule has 0 aromatic heterocycles. The third-order valence-electron chi connectivity index (χ3n) is 4.33. The Morgan fingerprint density at radius 1 is 1.29 bits per heavy atom. The van der Waals surface area contributed by atoms with Gasteiger partial charge in [-0.15, -0.1) is 12.4 Å². The van der Waals surface area contributed by atoms with Gasteiger partial charge in [-0.05, 0) is 11.8 Å². The first kappa shape index (κ1) is 20.6. The van der Waals surface area contributed by atoms with Crippen LogP contribution >= 0.6 is 12.4 Å². The summed E-state index contributed by atoms with van der Waals surface area (Å²) >= 11 is 0. The van der Waals surface area contributed by atoms with Crippen LogP contribution in [0.4, 0.5) is 0 Å². The van der Waals surface area contributed by atoms with E-state index in [-0.39, 0.29) is 24.2 Å². The van der Waals surface area contributed by atoms with Gasteiger partial charge in [-0.1, -0.05) is 34.1 Å². The zero-order valence-electron chi connectivity index (χ0n) is 13.8. The molecule has 5 nitrogen and oxygen atoms in total. The highest BCUT2D eigenvalue weighted by Gasteiger charge is 2.26. The Kier molecular flexibility index (Phi) is 10.2. The van der Waals surface area contributed by atoms with Crippen LogP contribution in [0.15, 0.2) is 0 Å². The summed E-state index contributed by atoms with van der Waals surface area (Å²) in [6.07, 6.45) is 0.922. The molecular weight excluding hydrogens is 290 g/mol. The zero-order valence-corrected chi connectivity index (χ0v) is 14.6. The molecule has 0 aliphatic carbocycles. The normalized spacial score (nSPS) is 20.5. The molecule has 21 heavy (non-hydrogen) atoms. The number of nitrogens with one attached hydrogen (secondary N) is 1. The van der Waals surface area contributed by atoms with Crippen molar-refractivity contribution in [2.24, 2.45) is 17.6 Å². The molecule has 0 aromatic rings. The molecule has 126 valence electrons. The summed E-state index contributed by atoms with van der Waals surface area (Å²) < 4.78 is 5.39. The number of nitrogens with two attached hydrogens (primary N) is 1. The largest absolute Gasteiger partial charge is 0.379 e. The first-order chi connectivity index (χ1) is 9.47. The molecule has 0 bridgehead atoms. The number of halogens is 1. The van der Waals surface area contributed by atoms with Crippen LogP contribution in [0.2, 0.25) is 0 Å². The number of rotatable bonds is 7. The Bertz CT molecular complexity index is 297. The lowest BCUT2D eigenvalue weighted by Crippen LogP contribution is -2.53. The molecule has 1 heterocycles. The Balaban J connectivity index is 0.00000400. The molecule has 1 amide bonds. The van der Waals surface area contributed by atoms with Gasteiger partial charge >= 0.3 is 0 Å². The Labute approximate surface area is 135 Å². The molecule has 0 aromatic carbocycles. The molecule has 1 aliphatic rings. The number of carbonyl (C=O) groups excluding carboxylic acids is 1. The molecule has 1 rings (SSSR count). The lowest BCUT2D eigenvalue weighted by atomic mass is 9.98. The first-order valence-corrected chi connectivity index (χ1v) is 7.82. The van der Waals surface area contributed by atoms with Gasteiger partial charge in [0.05, 0.1) is 19.3 Å². The number of hydrogen-bond donors (Lipinski definition) is 2. The maximum atomic E-state index is 12.1. The monoisotopic (exact) mass is 321 g/mol. The summed E-state index contributed by atoms with van der Waals surface area (Å²) in [6, 6.07) is -0.0514. The topological polar surface area (TPSA) is 67.6 Å². The molecule has 0 radical (unpaired) electrons. The fourth-order valence-electron chi connectivity index (χ4n) is 2.53. The summed E-state index contributed by atoms with van der Waals surface area (Å²) in [5.74, 6) is 0.683. The molecule has 3 unspecified atom stereocenters. The third-order valence-corrected chi connectivity index (χ3v) is 4.33. The number of carbonyl (C=O) groups is 1. The van der Waals surface area contributed by atoms with Gasteiger partial charge in [-0.3, -0.25) is 9.69 Å². The van der Waals surface area contributed by atoms with E-state index in [9.17, 15) is 4.79 Å². The molecule has 1 fully saturated rings. The third kappa shape index (κ3) is 6.51. The minimum Gasteiger partial charge on any atom is -0.379 e. The van der Waals surface area contributed by atoms with Gasteiger partial charge in [0.15, 0.2) is 0 Å². The summed E-state index contributed by atoms with van der Waals surface area (Å²) in [6.45, 7) is 12.6. The average molecular weight is 322 g/mol. The predicted octanol–water partition coefficient (Wildman–Crippen LogP) is 1.25. The molecule has 0 saturated carbocycles. The quantitative estimate of drug-likeness (QED) is 0.740. The van der Waals surface area contributed by atoms with Gasteiger partial charge in [0.2, 0.25) is 5.91 Å². The minimum atomic E-state index is -0.405. The highest BCUT2D eigenvalue weighted by atomic mass is 35.5. The number of hydrogen-bond acceptors (Lipinski definition) is 4. The van der Waals surface area contributed by atoms with Gasteiger partial charge in [-0.2, -0.15) is 0 Å². The second-order valence-electron chi connectivity index (χ2n) is 6.12. The van der Waals surface area contributed by atoms with Gasteiger partial charge in [-0.25, -0.2) is 0 Å². The molecule has 1 saturated heterocycles. The molecule has 0 spiro atoms. The Morgan fingerprint density at radius 3 is 2.33 bits per heavy atom. The molecule has 3 atom stereocenters. The Morgan fingerprint density at radius 2 is 1.86 bits per heavy atom. The van der Waals surface area contributed by atoms with E-state index in [1.165, 1.54) is 0 Å². The van der Waals surface area contributed by atoms with Gasteiger partial charge in [0, 0.05) is 25.7 Å². The van der Waals surface area contributed by atoms with Crippen molar-refractivity contribution >= 4 is 18.3 Å². The van der Waals surface area contributed by atoms with E-state index in [2.05, 4.69) is 31.0 Å². The predicted molar refractivity (Wildman–Crippen MR) is 88.7 cm³/mol. The van der Waals surface area contributed by atoms with Crippen molar-refractivity contribution in [3.05, 3.63) is 0 Å². The Hall–Kier alpha value is -0.360. The van der Waals surface area contributed by atoms with Crippen LogP contribution in [0, 0.1) is 11.8 Å². The second-order valence-corrected chi connectivity index (χ2v) is 6.12. The van der Waals surface area contributed by atoms with Crippen molar-refractivity contribution in [2.75, 3.05) is 32.8 Å². The van der Waals surface area contributed by atoms with E-state index in [4.69, 9.17) is 10.5 Å². The number of nitrogens with zero attached hydrogens (tertiary/aromatic N) is 1. The highest BCUT2D eigenvalue weighted by Crippen LogP contribution is 2.12. The maximum Gasteiger partial charge on any atom is 0.237 e. The molecule has 3 N–H and O–H groups in total. The summed E-state index contributed by atoms with van der Waals surface area (Å²) in [5, 5.41) is 3.03. The van der Waals surface area contributed by atoms with Crippen molar-refractivity contribution in [1.29, 1.82) is 0 Å². The van der Waals surface area contributed by atoms with Crippen LogP contribution in [0.3, 0.4) is 0 Å². The van der Waals surface area contributed by atoms with E-state index in [0.29, 0.717) is 18.5 Å². The van der Waals surface area contributed by atoms with Crippen molar-refractivity contribution in [1.82, 2.24) is 10.2 Å². The van der Waals surface area contributed by atoms with Crippen LogP contribution in [0.5, 0.6) is 0 Å². The van der Waals surface area contributed by atoms with Crippen molar-refractivity contribution in [3.8, 4) is 0 Å². The number of amides is 1. The molecular formula is C15H32ClN3O2.